The van der Waals surface area contributed by atoms with Crippen LogP contribution in [0.4, 0.5) is 0 Å². The molecule has 0 aliphatic rings. The van der Waals surface area contributed by atoms with Gasteiger partial charge in [-0.2, -0.15) is 0 Å². The molecule has 15 heavy (non-hydrogen) atoms. The average Bonchev–Trinajstić information content (AvgIpc) is 2.29. The van der Waals surface area contributed by atoms with E-state index >= 15 is 0 Å². The van der Waals surface area contributed by atoms with E-state index in [0.29, 0.717) is 0 Å². The van der Waals surface area contributed by atoms with Crippen molar-refractivity contribution in [2.24, 2.45) is 0 Å². The molecule has 2 rings (SSSR count). The van der Waals surface area contributed by atoms with Gasteiger partial charge in [-0.25, -0.2) is 0 Å². The van der Waals surface area contributed by atoms with Gasteiger partial charge in [0.25, 0.3) is 0 Å². The van der Waals surface area contributed by atoms with E-state index < -0.39 is 0 Å². The zero-order valence-corrected chi connectivity index (χ0v) is 11.3. The monoisotopic (exact) mass is 300 g/mol. The first-order valence-corrected chi connectivity index (χ1v) is 4.73. The predicted octanol–water partition coefficient (Wildman–Crippen LogP) is 3.48. The van der Waals surface area contributed by atoms with E-state index in [-0.39, 0.29) is 23.9 Å². The summed E-state index contributed by atoms with van der Waals surface area (Å²) in [6.07, 6.45) is 4.24. The standard InChI is InChI=1S/C14H12.Sn/c1-3-7-13(8-4-1)11-12-14-9-5-2-6-10-14;/h1-12H;/b12-11+;. The quantitative estimate of drug-likeness (QED) is 0.588. The van der Waals surface area contributed by atoms with Gasteiger partial charge in [0.15, 0.2) is 0 Å². The fourth-order valence-electron chi connectivity index (χ4n) is 1.32. The van der Waals surface area contributed by atoms with E-state index in [9.17, 15) is 0 Å². The van der Waals surface area contributed by atoms with Crippen molar-refractivity contribution in [2.75, 3.05) is 0 Å². The second kappa shape index (κ2) is 6.46. The molecule has 0 amide bonds. The average molecular weight is 299 g/mol. The molecular weight excluding hydrogens is 287 g/mol. The molecule has 4 radical (unpaired) electrons. The first kappa shape index (κ1) is 12.1. The van der Waals surface area contributed by atoms with Crippen LogP contribution in [0, 0.1) is 0 Å². The van der Waals surface area contributed by atoms with Crippen molar-refractivity contribution >= 4 is 36.1 Å². The maximum atomic E-state index is 2.12. The number of hydrogen-bond donors (Lipinski definition) is 0. The topological polar surface area (TPSA) is 0 Å². The van der Waals surface area contributed by atoms with E-state index in [1.165, 1.54) is 11.1 Å². The molecule has 0 aliphatic carbocycles. The zero-order chi connectivity index (χ0) is 9.64. The summed E-state index contributed by atoms with van der Waals surface area (Å²) in [5.74, 6) is 0. The van der Waals surface area contributed by atoms with Crippen molar-refractivity contribution < 1.29 is 0 Å². The molecule has 0 spiro atoms. The Hall–Kier alpha value is -1.02. The molecule has 0 aliphatic heterocycles. The van der Waals surface area contributed by atoms with Gasteiger partial charge in [0.05, 0.1) is 0 Å². The molecule has 0 nitrogen and oxygen atoms in total. The maximum absolute atomic E-state index is 2.12. The minimum absolute atomic E-state index is 0. The Balaban J connectivity index is 0.00000112. The summed E-state index contributed by atoms with van der Waals surface area (Å²) in [4.78, 5) is 0. The minimum Gasteiger partial charge on any atom is -0.0622 e. The van der Waals surface area contributed by atoms with Gasteiger partial charge in [-0.1, -0.05) is 72.8 Å². The van der Waals surface area contributed by atoms with Gasteiger partial charge in [-0.05, 0) is 11.1 Å². The first-order chi connectivity index (χ1) is 6.95. The second-order valence-corrected chi connectivity index (χ2v) is 3.15. The summed E-state index contributed by atoms with van der Waals surface area (Å²) in [5, 5.41) is 0. The zero-order valence-electron chi connectivity index (χ0n) is 8.43. The van der Waals surface area contributed by atoms with Crippen LogP contribution in [0.5, 0.6) is 0 Å². The fourth-order valence-corrected chi connectivity index (χ4v) is 1.32. The molecule has 72 valence electrons. The van der Waals surface area contributed by atoms with Crippen LogP contribution in [0.3, 0.4) is 0 Å². The van der Waals surface area contributed by atoms with Crippen molar-refractivity contribution in [1.29, 1.82) is 0 Å². The molecule has 0 N–H and O–H groups in total. The molecule has 0 saturated heterocycles. The summed E-state index contributed by atoms with van der Waals surface area (Å²) in [5.41, 5.74) is 2.47. The van der Waals surface area contributed by atoms with Crippen LogP contribution in [-0.4, -0.2) is 23.9 Å². The number of benzene rings is 2. The van der Waals surface area contributed by atoms with E-state index in [1.54, 1.807) is 0 Å². The maximum Gasteiger partial charge on any atom is 0 e. The Morgan fingerprint density at radius 1 is 0.533 bits per heavy atom. The Bertz CT molecular complexity index is 362. The Morgan fingerprint density at radius 2 is 0.867 bits per heavy atom. The van der Waals surface area contributed by atoms with Gasteiger partial charge in [0.1, 0.15) is 0 Å². The summed E-state index contributed by atoms with van der Waals surface area (Å²) in [7, 11) is 0. The normalized spacial score (nSPS) is 9.87. The van der Waals surface area contributed by atoms with Gasteiger partial charge in [-0.15, -0.1) is 0 Å². The van der Waals surface area contributed by atoms with Gasteiger partial charge >= 0.3 is 0 Å². The third kappa shape index (κ3) is 3.92. The van der Waals surface area contributed by atoms with Gasteiger partial charge in [-0.3, -0.25) is 0 Å². The van der Waals surface area contributed by atoms with Gasteiger partial charge < -0.3 is 0 Å². The predicted molar refractivity (Wildman–Crippen MR) is 67.6 cm³/mol. The number of rotatable bonds is 2. The van der Waals surface area contributed by atoms with Crippen molar-refractivity contribution in [1.82, 2.24) is 0 Å². The first-order valence-electron chi connectivity index (χ1n) is 4.73. The molecule has 0 saturated carbocycles. The Morgan fingerprint density at radius 3 is 1.20 bits per heavy atom. The van der Waals surface area contributed by atoms with Gasteiger partial charge in [0.2, 0.25) is 0 Å². The molecule has 0 aromatic heterocycles. The molecule has 0 unspecified atom stereocenters. The van der Waals surface area contributed by atoms with Crippen LogP contribution in [0.1, 0.15) is 11.1 Å². The molecule has 0 bridgehead atoms. The third-order valence-electron chi connectivity index (χ3n) is 2.07. The van der Waals surface area contributed by atoms with Crippen LogP contribution >= 0.6 is 0 Å². The number of hydrogen-bond acceptors (Lipinski definition) is 0. The third-order valence-corrected chi connectivity index (χ3v) is 2.07. The summed E-state index contributed by atoms with van der Waals surface area (Å²) in [6.45, 7) is 0. The largest absolute Gasteiger partial charge is 0.0622 e. The smallest absolute Gasteiger partial charge is 0 e. The van der Waals surface area contributed by atoms with Crippen LogP contribution in [0.15, 0.2) is 60.7 Å². The molecule has 0 atom stereocenters. The van der Waals surface area contributed by atoms with Gasteiger partial charge in [0, 0.05) is 23.9 Å². The minimum atomic E-state index is 0. The van der Waals surface area contributed by atoms with Crippen molar-refractivity contribution in [3.63, 3.8) is 0 Å². The van der Waals surface area contributed by atoms with Crippen molar-refractivity contribution in [3.8, 4) is 0 Å². The van der Waals surface area contributed by atoms with Crippen LogP contribution < -0.4 is 0 Å². The summed E-state index contributed by atoms with van der Waals surface area (Å²) in [6, 6.07) is 20.6. The van der Waals surface area contributed by atoms with E-state index in [0.717, 1.165) is 0 Å². The Labute approximate surface area is 108 Å². The SMILES string of the molecule is C(=C\c1ccccc1)/c1ccccc1.[Sn]. The van der Waals surface area contributed by atoms with Crippen LogP contribution in [0.2, 0.25) is 0 Å². The van der Waals surface area contributed by atoms with Crippen LogP contribution in [0.25, 0.3) is 12.2 Å². The fraction of sp³-hybridized carbons (Fsp3) is 0. The van der Waals surface area contributed by atoms with E-state index in [4.69, 9.17) is 0 Å². The summed E-state index contributed by atoms with van der Waals surface area (Å²) >= 11 is 0. The summed E-state index contributed by atoms with van der Waals surface area (Å²) < 4.78 is 0. The molecule has 2 aromatic carbocycles. The van der Waals surface area contributed by atoms with Crippen molar-refractivity contribution in [2.45, 2.75) is 0 Å². The molecular formula is C14H12Sn. The van der Waals surface area contributed by atoms with E-state index in [1.807, 2.05) is 36.4 Å². The Kier molecular flexibility index (Phi) is 5.19. The molecule has 2 aromatic rings. The molecule has 0 fully saturated rings. The van der Waals surface area contributed by atoms with Crippen LogP contribution in [-0.2, 0) is 0 Å². The molecule has 0 heterocycles. The second-order valence-electron chi connectivity index (χ2n) is 3.15. The van der Waals surface area contributed by atoms with Crippen molar-refractivity contribution in [3.05, 3.63) is 71.8 Å². The van der Waals surface area contributed by atoms with E-state index in [2.05, 4.69) is 36.4 Å². The molecule has 1 heteroatoms.